The molecule has 2 aliphatic heterocycles. The summed E-state index contributed by atoms with van der Waals surface area (Å²) in [6.07, 6.45) is 12.2. The van der Waals surface area contributed by atoms with E-state index in [1.54, 1.807) is 0 Å². The van der Waals surface area contributed by atoms with Gasteiger partial charge in [0.1, 0.15) is 54.9 Å². The van der Waals surface area contributed by atoms with E-state index >= 15 is 0 Å². The van der Waals surface area contributed by atoms with Crippen LogP contribution in [0, 0.1) is 0 Å². The average Bonchev–Trinajstić information content (AvgIpc) is 3.17. The Hall–Kier alpha value is -0.520. The van der Waals surface area contributed by atoms with Crippen LogP contribution in [0.4, 0.5) is 0 Å². The summed E-state index contributed by atoms with van der Waals surface area (Å²) in [4.78, 5) is 0. The summed E-state index contributed by atoms with van der Waals surface area (Å²) in [6.45, 7) is 4.90. The van der Waals surface area contributed by atoms with Gasteiger partial charge in [-0.25, -0.2) is 0 Å². The molecule has 2 fully saturated rings. The molecule has 0 spiro atoms. The summed E-state index contributed by atoms with van der Waals surface area (Å²) < 4.78 is 34.8. The van der Waals surface area contributed by atoms with Crippen LogP contribution in [0.1, 0.15) is 155 Å². The SMILES string of the molecule is CCCCCCCCCCCCCCOC[C@@H](CO[C@H]1O[C@@H](CO[C@H]2O[C@@H](CO)[C@@H](O)[C@@H](O)[C@@H]2O)[C@@H](O)[C@@H](O)[C@@H]1O)OCCCCCCCCCCCC. The number of hydrogen-bond acceptors (Lipinski definition) is 13. The maximum absolute atomic E-state index is 10.7. The molecule has 2 rings (SSSR count). The van der Waals surface area contributed by atoms with Gasteiger partial charge >= 0.3 is 0 Å². The molecule has 2 aliphatic rings. The lowest BCUT2D eigenvalue weighted by Crippen LogP contribution is -2.61. The fourth-order valence-corrected chi connectivity index (χ4v) is 7.03. The van der Waals surface area contributed by atoms with E-state index in [1.165, 1.54) is 116 Å². The lowest BCUT2D eigenvalue weighted by atomic mass is 9.98. The summed E-state index contributed by atoms with van der Waals surface area (Å²) in [5.41, 5.74) is 0. The van der Waals surface area contributed by atoms with Crippen LogP contribution in [0.5, 0.6) is 0 Å². The van der Waals surface area contributed by atoms with Gasteiger partial charge in [0.15, 0.2) is 12.6 Å². The van der Waals surface area contributed by atoms with Gasteiger partial charge in [-0.1, -0.05) is 142 Å². The molecule has 322 valence electrons. The molecule has 0 aromatic rings. The van der Waals surface area contributed by atoms with Crippen LogP contribution in [-0.2, 0) is 28.4 Å². The van der Waals surface area contributed by atoms with Crippen molar-refractivity contribution in [1.82, 2.24) is 0 Å². The van der Waals surface area contributed by atoms with E-state index in [2.05, 4.69) is 13.8 Å². The minimum absolute atomic E-state index is 0.0149. The highest BCUT2D eigenvalue weighted by Gasteiger charge is 2.47. The van der Waals surface area contributed by atoms with Crippen molar-refractivity contribution in [3.8, 4) is 0 Å². The second kappa shape index (κ2) is 31.5. The number of aliphatic hydroxyl groups is 7. The zero-order valence-corrected chi connectivity index (χ0v) is 33.7. The molecule has 0 bridgehead atoms. The zero-order valence-electron chi connectivity index (χ0n) is 33.7. The number of unbranched alkanes of at least 4 members (excludes halogenated alkanes) is 20. The van der Waals surface area contributed by atoms with Crippen molar-refractivity contribution < 1.29 is 64.2 Å². The molecule has 0 aliphatic carbocycles. The average molecular weight is 781 g/mol. The smallest absolute Gasteiger partial charge is 0.186 e. The van der Waals surface area contributed by atoms with E-state index in [4.69, 9.17) is 28.4 Å². The largest absolute Gasteiger partial charge is 0.394 e. The van der Waals surface area contributed by atoms with E-state index < -0.39 is 80.7 Å². The van der Waals surface area contributed by atoms with Crippen LogP contribution in [0.25, 0.3) is 0 Å². The summed E-state index contributed by atoms with van der Waals surface area (Å²) in [5, 5.41) is 71.7. The number of aliphatic hydroxyl groups excluding tert-OH is 7. The van der Waals surface area contributed by atoms with E-state index in [9.17, 15) is 35.7 Å². The van der Waals surface area contributed by atoms with Gasteiger partial charge in [-0.15, -0.1) is 0 Å². The van der Waals surface area contributed by atoms with Crippen molar-refractivity contribution in [3.63, 3.8) is 0 Å². The lowest BCUT2D eigenvalue weighted by molar-refractivity contribution is -0.333. The van der Waals surface area contributed by atoms with Crippen molar-refractivity contribution in [1.29, 1.82) is 0 Å². The molecular formula is C41H80O13. The van der Waals surface area contributed by atoms with Crippen molar-refractivity contribution >= 4 is 0 Å². The first kappa shape index (κ1) is 49.6. The van der Waals surface area contributed by atoms with Gasteiger partial charge in [-0.05, 0) is 12.8 Å². The maximum Gasteiger partial charge on any atom is 0.186 e. The Morgan fingerprint density at radius 1 is 0.444 bits per heavy atom. The predicted octanol–water partition coefficient (Wildman–Crippen LogP) is 4.65. The van der Waals surface area contributed by atoms with Gasteiger partial charge < -0.3 is 64.2 Å². The molecule has 11 atom stereocenters. The molecule has 0 unspecified atom stereocenters. The first-order valence-electron chi connectivity index (χ1n) is 21.7. The van der Waals surface area contributed by atoms with Gasteiger partial charge in [-0.2, -0.15) is 0 Å². The standard InChI is InChI=1S/C41H80O13/c1-3-5-7-9-11-13-15-16-17-19-21-23-25-49-28-31(50-26-24-22-20-18-14-12-10-8-6-4-2)29-51-40-39(48)37(46)35(44)33(54-40)30-52-41-38(47)36(45)34(43)32(27-42)53-41/h31-48H,3-30H2,1-2H3/t31-,32-,33-,34+,35+,36+,37+,38-,39-,40-,41-/m0/s1. The van der Waals surface area contributed by atoms with Gasteiger partial charge in [0.2, 0.25) is 0 Å². The monoisotopic (exact) mass is 781 g/mol. The topological polar surface area (TPSA) is 197 Å². The van der Waals surface area contributed by atoms with E-state index in [0.29, 0.717) is 19.8 Å². The second-order valence-electron chi connectivity index (χ2n) is 15.5. The first-order chi connectivity index (χ1) is 26.2. The number of rotatable bonds is 34. The fourth-order valence-electron chi connectivity index (χ4n) is 7.03. The minimum Gasteiger partial charge on any atom is -0.394 e. The highest BCUT2D eigenvalue weighted by atomic mass is 16.7. The molecule has 2 saturated heterocycles. The Kier molecular flexibility index (Phi) is 28.9. The van der Waals surface area contributed by atoms with Crippen LogP contribution >= 0.6 is 0 Å². The quantitative estimate of drug-likeness (QED) is 0.0446. The summed E-state index contributed by atoms with van der Waals surface area (Å²) in [5.74, 6) is 0. The van der Waals surface area contributed by atoms with Gasteiger partial charge in [0, 0.05) is 13.2 Å². The molecule has 0 aromatic heterocycles. The van der Waals surface area contributed by atoms with E-state index in [-0.39, 0.29) is 6.61 Å². The van der Waals surface area contributed by atoms with Crippen LogP contribution in [0.2, 0.25) is 0 Å². The van der Waals surface area contributed by atoms with Gasteiger partial charge in [-0.3, -0.25) is 0 Å². The Bertz CT molecular complexity index is 854. The van der Waals surface area contributed by atoms with Crippen molar-refractivity contribution in [2.75, 3.05) is 39.6 Å². The molecule has 2 heterocycles. The number of hydrogen-bond donors (Lipinski definition) is 7. The Labute approximate surface area is 326 Å². The lowest BCUT2D eigenvalue weighted by Gasteiger charge is -2.42. The molecule has 0 amide bonds. The van der Waals surface area contributed by atoms with Crippen molar-refractivity contribution in [2.24, 2.45) is 0 Å². The molecule has 0 aromatic carbocycles. The van der Waals surface area contributed by atoms with Gasteiger partial charge in [0.25, 0.3) is 0 Å². The molecule has 0 radical (unpaired) electrons. The van der Waals surface area contributed by atoms with Crippen LogP contribution in [0.3, 0.4) is 0 Å². The molecule has 13 heteroatoms. The summed E-state index contributed by atoms with van der Waals surface area (Å²) in [7, 11) is 0. The first-order valence-corrected chi connectivity index (χ1v) is 21.7. The van der Waals surface area contributed by atoms with Crippen molar-refractivity contribution in [2.45, 2.75) is 223 Å². The van der Waals surface area contributed by atoms with Crippen LogP contribution < -0.4 is 0 Å². The Balaban J connectivity index is 1.78. The molecular weight excluding hydrogens is 700 g/mol. The highest BCUT2D eigenvalue weighted by molar-refractivity contribution is 4.91. The summed E-state index contributed by atoms with van der Waals surface area (Å²) in [6, 6.07) is 0. The maximum atomic E-state index is 10.7. The second-order valence-corrected chi connectivity index (χ2v) is 15.5. The molecule has 7 N–H and O–H groups in total. The number of ether oxygens (including phenoxy) is 6. The third kappa shape index (κ3) is 20.3. The van der Waals surface area contributed by atoms with E-state index in [0.717, 1.165) is 25.7 Å². The third-order valence-electron chi connectivity index (χ3n) is 10.7. The molecule has 13 nitrogen and oxygen atoms in total. The Morgan fingerprint density at radius 3 is 1.33 bits per heavy atom. The van der Waals surface area contributed by atoms with Crippen molar-refractivity contribution in [3.05, 3.63) is 0 Å². The predicted molar refractivity (Wildman–Crippen MR) is 206 cm³/mol. The minimum atomic E-state index is -1.64. The molecule has 54 heavy (non-hydrogen) atoms. The molecule has 0 saturated carbocycles. The van der Waals surface area contributed by atoms with E-state index in [1.807, 2.05) is 0 Å². The fraction of sp³-hybridized carbons (Fsp3) is 1.00. The Morgan fingerprint density at radius 2 is 0.852 bits per heavy atom. The normalized spacial score (nSPS) is 29.5. The summed E-state index contributed by atoms with van der Waals surface area (Å²) >= 11 is 0. The van der Waals surface area contributed by atoms with Crippen LogP contribution in [0.15, 0.2) is 0 Å². The highest BCUT2D eigenvalue weighted by Crippen LogP contribution is 2.26. The third-order valence-corrected chi connectivity index (χ3v) is 10.7. The zero-order chi connectivity index (χ0) is 39.4. The van der Waals surface area contributed by atoms with Crippen LogP contribution in [-0.4, -0.2) is 143 Å². The van der Waals surface area contributed by atoms with Gasteiger partial charge in [0.05, 0.1) is 26.4 Å².